The van der Waals surface area contributed by atoms with Gasteiger partial charge in [0.15, 0.2) is 0 Å². The van der Waals surface area contributed by atoms with Gasteiger partial charge >= 0.3 is 0 Å². The van der Waals surface area contributed by atoms with E-state index in [2.05, 4.69) is 5.32 Å². The third-order valence-electron chi connectivity index (χ3n) is 2.91. The Morgan fingerprint density at radius 3 is 2.65 bits per heavy atom. The average molecular weight is 323 g/mol. The molecule has 1 aromatic rings. The molecule has 0 saturated heterocycles. The standard InChI is InChI=1S/C13H20ClFN2O2S/c1-3-17(20(2,18)19)8-4-7-16-10-11-5-6-12(15)9-13(11)14/h5-6,9,16H,3-4,7-8,10H2,1-2H3. The van der Waals surface area contributed by atoms with Gasteiger partial charge in [-0.15, -0.1) is 0 Å². The summed E-state index contributed by atoms with van der Waals surface area (Å²) < 4.78 is 37.0. The molecular weight excluding hydrogens is 303 g/mol. The van der Waals surface area contributed by atoms with Crippen LogP contribution >= 0.6 is 11.6 Å². The largest absolute Gasteiger partial charge is 0.313 e. The molecule has 1 aromatic carbocycles. The Hall–Kier alpha value is -0.690. The fourth-order valence-electron chi connectivity index (χ4n) is 1.83. The SMILES string of the molecule is CCN(CCCNCc1ccc(F)cc1Cl)S(C)(=O)=O. The predicted molar refractivity (Wildman–Crippen MR) is 79.8 cm³/mol. The van der Waals surface area contributed by atoms with Crippen LogP contribution in [0.5, 0.6) is 0 Å². The number of rotatable bonds is 8. The van der Waals surface area contributed by atoms with Crippen LogP contribution in [-0.2, 0) is 16.6 Å². The summed E-state index contributed by atoms with van der Waals surface area (Å²) in [6.07, 6.45) is 1.92. The number of sulfonamides is 1. The summed E-state index contributed by atoms with van der Waals surface area (Å²) in [4.78, 5) is 0. The van der Waals surface area contributed by atoms with Crippen molar-refractivity contribution < 1.29 is 12.8 Å². The minimum absolute atomic E-state index is 0.356. The average Bonchev–Trinajstić information content (AvgIpc) is 2.34. The van der Waals surface area contributed by atoms with E-state index in [0.29, 0.717) is 37.6 Å². The monoisotopic (exact) mass is 322 g/mol. The Bertz CT molecular complexity index is 537. The van der Waals surface area contributed by atoms with Gasteiger partial charge in [0.25, 0.3) is 0 Å². The molecule has 20 heavy (non-hydrogen) atoms. The normalized spacial score (nSPS) is 12.1. The summed E-state index contributed by atoms with van der Waals surface area (Å²) >= 11 is 5.91. The highest BCUT2D eigenvalue weighted by atomic mass is 35.5. The topological polar surface area (TPSA) is 49.4 Å². The van der Waals surface area contributed by atoms with Crippen LogP contribution in [0.3, 0.4) is 0 Å². The summed E-state index contributed by atoms with van der Waals surface area (Å²) in [5, 5.41) is 3.56. The van der Waals surface area contributed by atoms with Gasteiger partial charge < -0.3 is 5.32 Å². The van der Waals surface area contributed by atoms with Gasteiger partial charge in [-0.2, -0.15) is 0 Å². The van der Waals surface area contributed by atoms with E-state index >= 15 is 0 Å². The molecule has 0 aliphatic heterocycles. The zero-order valence-corrected chi connectivity index (χ0v) is 13.3. The van der Waals surface area contributed by atoms with Gasteiger partial charge in [-0.1, -0.05) is 24.6 Å². The molecule has 0 amide bonds. The van der Waals surface area contributed by atoms with Crippen LogP contribution in [0.15, 0.2) is 18.2 Å². The molecule has 0 spiro atoms. The first kappa shape index (κ1) is 17.4. The fraction of sp³-hybridized carbons (Fsp3) is 0.538. The lowest BCUT2D eigenvalue weighted by Gasteiger charge is -2.17. The van der Waals surface area contributed by atoms with Crippen LogP contribution in [0.2, 0.25) is 5.02 Å². The minimum atomic E-state index is -3.12. The molecule has 0 heterocycles. The number of hydrogen-bond acceptors (Lipinski definition) is 3. The lowest BCUT2D eigenvalue weighted by Crippen LogP contribution is -2.32. The molecule has 114 valence electrons. The van der Waals surface area contributed by atoms with Crippen molar-refractivity contribution in [3.8, 4) is 0 Å². The van der Waals surface area contributed by atoms with Crippen molar-refractivity contribution in [1.29, 1.82) is 0 Å². The Kier molecular flexibility index (Phi) is 6.88. The van der Waals surface area contributed by atoms with Crippen molar-refractivity contribution in [3.05, 3.63) is 34.6 Å². The molecule has 0 atom stereocenters. The van der Waals surface area contributed by atoms with E-state index in [1.165, 1.54) is 22.7 Å². The van der Waals surface area contributed by atoms with Crippen LogP contribution in [0.4, 0.5) is 4.39 Å². The highest BCUT2D eigenvalue weighted by Gasteiger charge is 2.12. The van der Waals surface area contributed by atoms with Crippen molar-refractivity contribution in [2.24, 2.45) is 0 Å². The lowest BCUT2D eigenvalue weighted by molar-refractivity contribution is 0.419. The summed E-state index contributed by atoms with van der Waals surface area (Å²) in [6, 6.07) is 4.28. The van der Waals surface area contributed by atoms with Crippen molar-refractivity contribution in [1.82, 2.24) is 9.62 Å². The van der Waals surface area contributed by atoms with Crippen LogP contribution < -0.4 is 5.32 Å². The van der Waals surface area contributed by atoms with E-state index in [1.807, 2.05) is 6.92 Å². The third kappa shape index (κ3) is 5.75. The van der Waals surface area contributed by atoms with Gasteiger partial charge in [-0.3, -0.25) is 0 Å². The van der Waals surface area contributed by atoms with Crippen LogP contribution in [0.25, 0.3) is 0 Å². The number of nitrogens with one attached hydrogen (secondary N) is 1. The fourth-order valence-corrected chi connectivity index (χ4v) is 2.99. The van der Waals surface area contributed by atoms with Crippen molar-refractivity contribution in [3.63, 3.8) is 0 Å². The van der Waals surface area contributed by atoms with Crippen molar-refractivity contribution in [2.45, 2.75) is 19.9 Å². The molecule has 1 rings (SSSR count). The van der Waals surface area contributed by atoms with E-state index in [9.17, 15) is 12.8 Å². The number of benzene rings is 1. The zero-order valence-electron chi connectivity index (χ0n) is 11.7. The van der Waals surface area contributed by atoms with Crippen LogP contribution in [0, 0.1) is 5.82 Å². The maximum absolute atomic E-state index is 12.9. The molecule has 0 aromatic heterocycles. The molecule has 4 nitrogen and oxygen atoms in total. The maximum atomic E-state index is 12.9. The smallest absolute Gasteiger partial charge is 0.211 e. The molecular formula is C13H20ClFN2O2S. The molecule has 0 aliphatic rings. The third-order valence-corrected chi connectivity index (χ3v) is 4.64. The summed E-state index contributed by atoms with van der Waals surface area (Å²) in [5.74, 6) is -0.356. The van der Waals surface area contributed by atoms with E-state index in [-0.39, 0.29) is 5.82 Å². The summed E-state index contributed by atoms with van der Waals surface area (Å²) in [7, 11) is -3.12. The molecule has 0 fully saturated rings. The van der Waals surface area contributed by atoms with Gasteiger partial charge in [-0.05, 0) is 30.7 Å². The van der Waals surface area contributed by atoms with E-state index in [1.54, 1.807) is 6.07 Å². The van der Waals surface area contributed by atoms with Crippen LogP contribution in [-0.4, -0.2) is 38.6 Å². The number of nitrogens with zero attached hydrogens (tertiary/aromatic N) is 1. The molecule has 0 radical (unpaired) electrons. The number of halogens is 2. The van der Waals surface area contributed by atoms with Gasteiger partial charge in [0.05, 0.1) is 6.26 Å². The highest BCUT2D eigenvalue weighted by Crippen LogP contribution is 2.16. The zero-order chi connectivity index (χ0) is 15.2. The number of hydrogen-bond donors (Lipinski definition) is 1. The van der Waals surface area contributed by atoms with Crippen molar-refractivity contribution in [2.75, 3.05) is 25.9 Å². The van der Waals surface area contributed by atoms with Crippen molar-refractivity contribution >= 4 is 21.6 Å². The molecule has 1 N–H and O–H groups in total. The Morgan fingerprint density at radius 1 is 1.40 bits per heavy atom. The van der Waals surface area contributed by atoms with E-state index in [0.717, 1.165) is 5.56 Å². The summed E-state index contributed by atoms with van der Waals surface area (Å²) in [5.41, 5.74) is 0.823. The van der Waals surface area contributed by atoms with E-state index in [4.69, 9.17) is 11.6 Å². The van der Waals surface area contributed by atoms with Gasteiger partial charge in [-0.25, -0.2) is 17.1 Å². The Balaban J connectivity index is 2.32. The molecule has 0 saturated carbocycles. The maximum Gasteiger partial charge on any atom is 0.211 e. The van der Waals surface area contributed by atoms with Gasteiger partial charge in [0.2, 0.25) is 10.0 Å². The predicted octanol–water partition coefficient (Wildman–Crippen LogP) is 2.24. The van der Waals surface area contributed by atoms with Gasteiger partial charge in [0.1, 0.15) is 5.82 Å². The second kappa shape index (κ2) is 7.93. The first-order valence-corrected chi connectivity index (χ1v) is 8.67. The first-order valence-electron chi connectivity index (χ1n) is 6.44. The minimum Gasteiger partial charge on any atom is -0.313 e. The molecule has 0 bridgehead atoms. The first-order chi connectivity index (χ1) is 9.34. The van der Waals surface area contributed by atoms with E-state index < -0.39 is 10.0 Å². The second-order valence-electron chi connectivity index (χ2n) is 4.52. The summed E-state index contributed by atoms with van der Waals surface area (Å²) in [6.45, 7) is 3.97. The van der Waals surface area contributed by atoms with Crippen LogP contribution in [0.1, 0.15) is 18.9 Å². The molecule has 0 unspecified atom stereocenters. The Morgan fingerprint density at radius 2 is 2.10 bits per heavy atom. The second-order valence-corrected chi connectivity index (χ2v) is 6.91. The quantitative estimate of drug-likeness (QED) is 0.747. The molecule has 7 heteroatoms. The Labute approximate surface area is 125 Å². The molecule has 0 aliphatic carbocycles. The lowest BCUT2D eigenvalue weighted by atomic mass is 10.2. The van der Waals surface area contributed by atoms with Gasteiger partial charge in [0, 0.05) is 24.7 Å². The highest BCUT2D eigenvalue weighted by molar-refractivity contribution is 7.88.